The molecule has 0 heteroatoms. The zero-order valence-corrected chi connectivity index (χ0v) is 15.6. The average molecular weight is 313 g/mol. The van der Waals surface area contributed by atoms with Crippen molar-refractivity contribution in [2.75, 3.05) is 0 Å². The van der Waals surface area contributed by atoms with Crippen molar-refractivity contribution in [3.8, 4) is 0 Å². The van der Waals surface area contributed by atoms with Gasteiger partial charge in [0.2, 0.25) is 0 Å². The van der Waals surface area contributed by atoms with Crippen molar-refractivity contribution in [3.63, 3.8) is 0 Å². The number of unbranched alkanes of at least 4 members (excludes halogenated alkanes) is 1. The van der Waals surface area contributed by atoms with Crippen LogP contribution in [0.25, 0.3) is 5.57 Å². The van der Waals surface area contributed by atoms with Crippen LogP contribution in [-0.2, 0) is 6.42 Å². The molecule has 0 radical (unpaired) electrons. The number of hydrogen-bond acceptors (Lipinski definition) is 0. The fourth-order valence-corrected chi connectivity index (χ4v) is 3.85. The Morgan fingerprint density at radius 2 is 1.78 bits per heavy atom. The third kappa shape index (κ3) is 5.83. The summed E-state index contributed by atoms with van der Waals surface area (Å²) in [6.07, 6.45) is 15.9. The Labute approximate surface area is 144 Å². The van der Waals surface area contributed by atoms with E-state index in [9.17, 15) is 0 Å². The molecule has 1 aliphatic carbocycles. The summed E-state index contributed by atoms with van der Waals surface area (Å²) in [5, 5.41) is 0. The van der Waals surface area contributed by atoms with Crippen molar-refractivity contribution >= 4 is 5.57 Å². The maximum Gasteiger partial charge on any atom is -0.0228 e. The smallest absolute Gasteiger partial charge is 0.0228 e. The highest BCUT2D eigenvalue weighted by Gasteiger charge is 2.16. The maximum absolute atomic E-state index is 2.53. The number of hydrogen-bond donors (Lipinski definition) is 0. The lowest BCUT2D eigenvalue weighted by molar-refractivity contribution is 0.361. The molecule has 0 N–H and O–H groups in total. The first-order valence-corrected chi connectivity index (χ1v) is 10.0. The van der Waals surface area contributed by atoms with Crippen LogP contribution in [0.4, 0.5) is 0 Å². The SMILES string of the molecule is CCCCc1ccc(C2=CCC(CCC(CC)CC)CC2)cc1. The van der Waals surface area contributed by atoms with E-state index < -0.39 is 0 Å². The predicted molar refractivity (Wildman–Crippen MR) is 104 cm³/mol. The summed E-state index contributed by atoms with van der Waals surface area (Å²) in [5.41, 5.74) is 4.55. The van der Waals surface area contributed by atoms with E-state index in [1.807, 2.05) is 0 Å². The minimum absolute atomic E-state index is 0.933. The first-order valence-electron chi connectivity index (χ1n) is 10.0. The Bertz CT molecular complexity index is 461. The van der Waals surface area contributed by atoms with Crippen molar-refractivity contribution in [3.05, 3.63) is 41.5 Å². The summed E-state index contributed by atoms with van der Waals surface area (Å²) >= 11 is 0. The monoisotopic (exact) mass is 312 g/mol. The summed E-state index contributed by atoms with van der Waals surface area (Å²) < 4.78 is 0. The first-order chi connectivity index (χ1) is 11.3. The molecule has 0 saturated carbocycles. The zero-order chi connectivity index (χ0) is 16.5. The summed E-state index contributed by atoms with van der Waals surface area (Å²) in [6.45, 7) is 6.95. The number of rotatable bonds is 9. The van der Waals surface area contributed by atoms with Crippen molar-refractivity contribution < 1.29 is 0 Å². The van der Waals surface area contributed by atoms with E-state index in [-0.39, 0.29) is 0 Å². The third-order valence-electron chi connectivity index (χ3n) is 5.80. The van der Waals surface area contributed by atoms with Crippen LogP contribution in [0.15, 0.2) is 30.3 Å². The van der Waals surface area contributed by atoms with Crippen LogP contribution in [0.5, 0.6) is 0 Å². The van der Waals surface area contributed by atoms with Gasteiger partial charge < -0.3 is 0 Å². The van der Waals surface area contributed by atoms with E-state index >= 15 is 0 Å². The second-order valence-corrected chi connectivity index (χ2v) is 7.43. The zero-order valence-electron chi connectivity index (χ0n) is 15.6. The fraction of sp³-hybridized carbons (Fsp3) is 0.652. The van der Waals surface area contributed by atoms with E-state index in [4.69, 9.17) is 0 Å². The maximum atomic E-state index is 2.53. The van der Waals surface area contributed by atoms with Gasteiger partial charge in [0, 0.05) is 0 Å². The molecule has 1 aromatic rings. The van der Waals surface area contributed by atoms with Crippen molar-refractivity contribution in [1.82, 2.24) is 0 Å². The lowest BCUT2D eigenvalue weighted by Gasteiger charge is -2.24. The van der Waals surface area contributed by atoms with E-state index in [1.165, 1.54) is 75.3 Å². The molecule has 0 fully saturated rings. The minimum Gasteiger partial charge on any atom is -0.0804 e. The molecule has 1 aromatic carbocycles. The van der Waals surface area contributed by atoms with E-state index in [2.05, 4.69) is 51.1 Å². The fourth-order valence-electron chi connectivity index (χ4n) is 3.85. The summed E-state index contributed by atoms with van der Waals surface area (Å²) in [4.78, 5) is 0. The summed E-state index contributed by atoms with van der Waals surface area (Å²) in [5.74, 6) is 1.89. The molecular weight excluding hydrogens is 276 g/mol. The second-order valence-electron chi connectivity index (χ2n) is 7.43. The van der Waals surface area contributed by atoms with Gasteiger partial charge in [0.1, 0.15) is 0 Å². The molecule has 0 aromatic heterocycles. The van der Waals surface area contributed by atoms with Gasteiger partial charge in [-0.05, 0) is 67.1 Å². The molecule has 0 amide bonds. The molecule has 1 atom stereocenters. The first kappa shape index (κ1) is 18.3. The van der Waals surface area contributed by atoms with Gasteiger partial charge in [-0.1, -0.05) is 76.8 Å². The quantitative estimate of drug-likeness (QED) is 0.444. The molecule has 128 valence electrons. The Morgan fingerprint density at radius 3 is 2.35 bits per heavy atom. The molecule has 0 saturated heterocycles. The highest BCUT2D eigenvalue weighted by atomic mass is 14.2. The van der Waals surface area contributed by atoms with E-state index in [0.717, 1.165) is 11.8 Å². The van der Waals surface area contributed by atoms with Gasteiger partial charge in [0.15, 0.2) is 0 Å². The molecule has 0 heterocycles. The molecule has 0 bridgehead atoms. The second kappa shape index (κ2) is 9.96. The standard InChI is InChI=1S/C23H36/c1-4-7-8-20-11-15-22(16-12-20)23-17-13-21(14-18-23)10-9-19(5-2)6-3/h11-12,15-17,19,21H,4-10,13-14,18H2,1-3H3. The predicted octanol–water partition coefficient (Wildman–Crippen LogP) is 7.43. The van der Waals surface area contributed by atoms with Crippen LogP contribution in [0, 0.1) is 11.8 Å². The van der Waals surface area contributed by atoms with Crippen molar-refractivity contribution in [2.45, 2.75) is 85.0 Å². The molecule has 0 nitrogen and oxygen atoms in total. The Kier molecular flexibility index (Phi) is 7.92. The van der Waals surface area contributed by atoms with Crippen LogP contribution in [0.1, 0.15) is 89.7 Å². The lowest BCUT2D eigenvalue weighted by atomic mass is 9.82. The van der Waals surface area contributed by atoms with Gasteiger partial charge in [-0.25, -0.2) is 0 Å². The highest BCUT2D eigenvalue weighted by Crippen LogP contribution is 2.33. The van der Waals surface area contributed by atoms with Gasteiger partial charge in [0.25, 0.3) is 0 Å². The van der Waals surface area contributed by atoms with Crippen molar-refractivity contribution in [1.29, 1.82) is 0 Å². The Hall–Kier alpha value is -1.04. The van der Waals surface area contributed by atoms with Crippen LogP contribution < -0.4 is 0 Å². The third-order valence-corrected chi connectivity index (χ3v) is 5.80. The molecule has 0 aliphatic heterocycles. The number of allylic oxidation sites excluding steroid dienone is 2. The molecule has 23 heavy (non-hydrogen) atoms. The Balaban J connectivity index is 1.83. The normalized spacial score (nSPS) is 18.3. The van der Waals surface area contributed by atoms with Gasteiger partial charge in [-0.2, -0.15) is 0 Å². The lowest BCUT2D eigenvalue weighted by Crippen LogP contribution is -2.08. The number of aryl methyl sites for hydroxylation is 1. The van der Waals surface area contributed by atoms with E-state index in [1.54, 1.807) is 5.57 Å². The molecular formula is C23H36. The van der Waals surface area contributed by atoms with Crippen LogP contribution >= 0.6 is 0 Å². The molecule has 1 aliphatic rings. The van der Waals surface area contributed by atoms with Crippen LogP contribution in [0.3, 0.4) is 0 Å². The van der Waals surface area contributed by atoms with Gasteiger partial charge in [-0.3, -0.25) is 0 Å². The van der Waals surface area contributed by atoms with Crippen LogP contribution in [0.2, 0.25) is 0 Å². The summed E-state index contributed by atoms with van der Waals surface area (Å²) in [7, 11) is 0. The number of benzene rings is 1. The topological polar surface area (TPSA) is 0 Å². The highest BCUT2D eigenvalue weighted by molar-refractivity contribution is 5.66. The minimum atomic E-state index is 0.933. The molecule has 1 unspecified atom stereocenters. The van der Waals surface area contributed by atoms with Crippen LogP contribution in [-0.4, -0.2) is 0 Å². The Morgan fingerprint density at radius 1 is 1.04 bits per heavy atom. The largest absolute Gasteiger partial charge is 0.0804 e. The molecule has 2 rings (SSSR count). The van der Waals surface area contributed by atoms with Gasteiger partial charge in [0.05, 0.1) is 0 Å². The summed E-state index contributed by atoms with van der Waals surface area (Å²) in [6, 6.07) is 9.37. The van der Waals surface area contributed by atoms with E-state index in [0.29, 0.717) is 0 Å². The van der Waals surface area contributed by atoms with Gasteiger partial charge in [-0.15, -0.1) is 0 Å². The van der Waals surface area contributed by atoms with Gasteiger partial charge >= 0.3 is 0 Å². The molecule has 0 spiro atoms. The van der Waals surface area contributed by atoms with Crippen molar-refractivity contribution in [2.24, 2.45) is 11.8 Å². The average Bonchev–Trinajstić information content (AvgIpc) is 2.62.